The summed E-state index contributed by atoms with van der Waals surface area (Å²) in [7, 11) is 3.79. The zero-order chi connectivity index (χ0) is 14.0. The van der Waals surface area contributed by atoms with E-state index in [4.69, 9.17) is 5.73 Å². The van der Waals surface area contributed by atoms with E-state index in [1.165, 1.54) is 12.8 Å². The quantitative estimate of drug-likeness (QED) is 0.866. The lowest BCUT2D eigenvalue weighted by atomic mass is 9.78. The smallest absolute Gasteiger partial charge is 0.231 e. The van der Waals surface area contributed by atoms with Gasteiger partial charge in [-0.05, 0) is 18.3 Å². The SMILES string of the molecule is CC1CCCC(Nc2nc(N)nc(N(C)C)n2)C1C. The van der Waals surface area contributed by atoms with Gasteiger partial charge in [-0.2, -0.15) is 15.0 Å². The topological polar surface area (TPSA) is 80.0 Å². The molecular formula is C13H24N6. The summed E-state index contributed by atoms with van der Waals surface area (Å²) in [6.07, 6.45) is 3.72. The van der Waals surface area contributed by atoms with Crippen LogP contribution in [0.2, 0.25) is 0 Å². The van der Waals surface area contributed by atoms with Gasteiger partial charge < -0.3 is 16.0 Å². The number of nitrogens with zero attached hydrogens (tertiary/aromatic N) is 4. The standard InChI is InChI=1S/C13H24N6/c1-8-6-5-7-10(9(8)2)15-12-16-11(14)17-13(18-12)19(3)4/h8-10H,5-7H2,1-4H3,(H3,14,15,16,17,18). The van der Waals surface area contributed by atoms with Crippen molar-refractivity contribution in [3.63, 3.8) is 0 Å². The van der Waals surface area contributed by atoms with Crippen molar-refractivity contribution in [2.75, 3.05) is 30.0 Å². The first-order valence-electron chi connectivity index (χ1n) is 6.92. The average molecular weight is 264 g/mol. The maximum absolute atomic E-state index is 5.74. The van der Waals surface area contributed by atoms with E-state index in [2.05, 4.69) is 34.1 Å². The van der Waals surface area contributed by atoms with Crippen LogP contribution in [0.25, 0.3) is 0 Å². The van der Waals surface area contributed by atoms with Crippen molar-refractivity contribution >= 4 is 17.8 Å². The van der Waals surface area contributed by atoms with E-state index >= 15 is 0 Å². The molecule has 3 N–H and O–H groups in total. The summed E-state index contributed by atoms with van der Waals surface area (Å²) in [6.45, 7) is 4.60. The average Bonchev–Trinajstić information content (AvgIpc) is 2.34. The number of hydrogen-bond donors (Lipinski definition) is 2. The molecule has 0 aliphatic heterocycles. The molecule has 0 aromatic carbocycles. The summed E-state index contributed by atoms with van der Waals surface area (Å²) in [4.78, 5) is 14.5. The van der Waals surface area contributed by atoms with Crippen LogP contribution in [0.3, 0.4) is 0 Å². The Balaban J connectivity index is 2.14. The molecule has 1 aliphatic rings. The van der Waals surface area contributed by atoms with Crippen molar-refractivity contribution < 1.29 is 0 Å². The van der Waals surface area contributed by atoms with Crippen molar-refractivity contribution in [2.45, 2.75) is 39.2 Å². The van der Waals surface area contributed by atoms with Crippen molar-refractivity contribution in [1.29, 1.82) is 0 Å². The minimum absolute atomic E-state index is 0.262. The van der Waals surface area contributed by atoms with E-state index < -0.39 is 0 Å². The van der Waals surface area contributed by atoms with Gasteiger partial charge in [0, 0.05) is 20.1 Å². The third kappa shape index (κ3) is 3.24. The van der Waals surface area contributed by atoms with Gasteiger partial charge in [0.1, 0.15) is 0 Å². The maximum Gasteiger partial charge on any atom is 0.231 e. The predicted molar refractivity (Wildman–Crippen MR) is 78.2 cm³/mol. The maximum atomic E-state index is 5.74. The van der Waals surface area contributed by atoms with Crippen LogP contribution in [0, 0.1) is 11.8 Å². The van der Waals surface area contributed by atoms with Crippen LogP contribution in [-0.4, -0.2) is 35.1 Å². The van der Waals surface area contributed by atoms with E-state index in [0.717, 1.165) is 12.3 Å². The van der Waals surface area contributed by atoms with Crippen LogP contribution in [0.4, 0.5) is 17.8 Å². The van der Waals surface area contributed by atoms with E-state index in [1.54, 1.807) is 0 Å². The van der Waals surface area contributed by atoms with E-state index in [9.17, 15) is 0 Å². The monoisotopic (exact) mass is 264 g/mol. The van der Waals surface area contributed by atoms with Gasteiger partial charge in [-0.15, -0.1) is 0 Å². The Labute approximate surface area is 114 Å². The van der Waals surface area contributed by atoms with Gasteiger partial charge >= 0.3 is 0 Å². The lowest BCUT2D eigenvalue weighted by Crippen LogP contribution is -2.35. The third-order valence-corrected chi connectivity index (χ3v) is 4.06. The summed E-state index contributed by atoms with van der Waals surface area (Å²) >= 11 is 0. The predicted octanol–water partition coefficient (Wildman–Crippen LogP) is 1.76. The van der Waals surface area contributed by atoms with E-state index in [1.807, 2.05) is 19.0 Å². The van der Waals surface area contributed by atoms with Crippen LogP contribution in [-0.2, 0) is 0 Å². The summed E-state index contributed by atoms with van der Waals surface area (Å²) in [5.74, 6) is 2.79. The molecule has 3 unspecified atom stereocenters. The molecule has 0 amide bonds. The second-order valence-electron chi connectivity index (χ2n) is 5.73. The fourth-order valence-corrected chi connectivity index (χ4v) is 2.60. The van der Waals surface area contributed by atoms with Crippen molar-refractivity contribution in [3.8, 4) is 0 Å². The van der Waals surface area contributed by atoms with Crippen molar-refractivity contribution in [2.24, 2.45) is 11.8 Å². The highest BCUT2D eigenvalue weighted by Gasteiger charge is 2.27. The van der Waals surface area contributed by atoms with E-state index in [-0.39, 0.29) is 5.95 Å². The Bertz CT molecular complexity index is 433. The van der Waals surface area contributed by atoms with Gasteiger partial charge in [-0.25, -0.2) is 0 Å². The first kappa shape index (κ1) is 13.8. The molecule has 19 heavy (non-hydrogen) atoms. The fourth-order valence-electron chi connectivity index (χ4n) is 2.60. The van der Waals surface area contributed by atoms with Gasteiger partial charge in [0.15, 0.2) is 0 Å². The number of nitrogens with one attached hydrogen (secondary N) is 1. The zero-order valence-electron chi connectivity index (χ0n) is 12.2. The highest BCUT2D eigenvalue weighted by Crippen LogP contribution is 2.31. The Morgan fingerprint density at radius 1 is 1.16 bits per heavy atom. The van der Waals surface area contributed by atoms with Gasteiger partial charge in [-0.3, -0.25) is 0 Å². The van der Waals surface area contributed by atoms with Crippen LogP contribution < -0.4 is 16.0 Å². The lowest BCUT2D eigenvalue weighted by molar-refractivity contribution is 0.252. The molecule has 2 rings (SSSR count). The normalized spacial score (nSPS) is 27.1. The molecule has 0 radical (unpaired) electrons. The largest absolute Gasteiger partial charge is 0.368 e. The molecule has 0 saturated heterocycles. The Morgan fingerprint density at radius 3 is 2.58 bits per heavy atom. The first-order chi connectivity index (χ1) is 8.97. The van der Waals surface area contributed by atoms with Crippen LogP contribution in [0.15, 0.2) is 0 Å². The van der Waals surface area contributed by atoms with Gasteiger partial charge in [0.05, 0.1) is 0 Å². The minimum atomic E-state index is 0.262. The first-order valence-corrected chi connectivity index (χ1v) is 6.92. The number of anilines is 3. The van der Waals surface area contributed by atoms with E-state index in [0.29, 0.717) is 23.9 Å². The molecule has 6 heteroatoms. The Morgan fingerprint density at radius 2 is 1.89 bits per heavy atom. The summed E-state index contributed by atoms with van der Waals surface area (Å²) in [6, 6.07) is 0.417. The molecule has 1 aromatic heterocycles. The molecule has 0 spiro atoms. The summed E-state index contributed by atoms with van der Waals surface area (Å²) < 4.78 is 0. The number of nitrogens with two attached hydrogens (primary N) is 1. The van der Waals surface area contributed by atoms with Gasteiger partial charge in [0.25, 0.3) is 0 Å². The molecule has 1 fully saturated rings. The molecule has 3 atom stereocenters. The van der Waals surface area contributed by atoms with Crippen molar-refractivity contribution in [3.05, 3.63) is 0 Å². The summed E-state index contributed by atoms with van der Waals surface area (Å²) in [5, 5.41) is 3.43. The Hall–Kier alpha value is -1.59. The van der Waals surface area contributed by atoms with Crippen LogP contribution in [0.1, 0.15) is 33.1 Å². The zero-order valence-corrected chi connectivity index (χ0v) is 12.2. The molecule has 1 aliphatic carbocycles. The van der Waals surface area contributed by atoms with Crippen molar-refractivity contribution in [1.82, 2.24) is 15.0 Å². The second-order valence-corrected chi connectivity index (χ2v) is 5.73. The molecule has 6 nitrogen and oxygen atoms in total. The van der Waals surface area contributed by atoms with Crippen LogP contribution in [0.5, 0.6) is 0 Å². The molecule has 106 valence electrons. The highest BCUT2D eigenvalue weighted by atomic mass is 15.3. The molecule has 0 bridgehead atoms. The molecule has 1 saturated carbocycles. The molecule has 1 heterocycles. The van der Waals surface area contributed by atoms with Gasteiger partial charge in [-0.1, -0.05) is 26.7 Å². The second kappa shape index (κ2) is 5.59. The molecular weight excluding hydrogens is 240 g/mol. The highest BCUT2D eigenvalue weighted by molar-refractivity contribution is 5.41. The third-order valence-electron chi connectivity index (χ3n) is 4.06. The fraction of sp³-hybridized carbons (Fsp3) is 0.769. The number of rotatable bonds is 3. The number of hydrogen-bond acceptors (Lipinski definition) is 6. The minimum Gasteiger partial charge on any atom is -0.368 e. The number of aromatic nitrogens is 3. The molecule has 1 aromatic rings. The Kier molecular flexibility index (Phi) is 4.07. The number of nitrogen functional groups attached to an aromatic ring is 1. The lowest BCUT2D eigenvalue weighted by Gasteiger charge is -2.34. The van der Waals surface area contributed by atoms with Crippen LogP contribution >= 0.6 is 0 Å². The summed E-state index contributed by atoms with van der Waals surface area (Å²) in [5.41, 5.74) is 5.74. The van der Waals surface area contributed by atoms with Gasteiger partial charge in [0.2, 0.25) is 17.8 Å².